The highest BCUT2D eigenvalue weighted by Crippen LogP contribution is 2.27. The van der Waals surface area contributed by atoms with Crippen LogP contribution in [0.2, 0.25) is 0 Å². The van der Waals surface area contributed by atoms with Crippen molar-refractivity contribution in [3.05, 3.63) is 58.7 Å². The lowest BCUT2D eigenvalue weighted by Crippen LogP contribution is -2.36. The van der Waals surface area contributed by atoms with Crippen LogP contribution in [0.25, 0.3) is 0 Å². The first-order valence-electron chi connectivity index (χ1n) is 8.61. The van der Waals surface area contributed by atoms with Gasteiger partial charge in [-0.05, 0) is 37.0 Å². The maximum Gasteiger partial charge on any atom is 0.336 e. The molecule has 1 atom stereocenters. The molecule has 2 aliphatic rings. The van der Waals surface area contributed by atoms with Gasteiger partial charge in [0.15, 0.2) is 0 Å². The number of fused-ring (bicyclic) bond motifs is 2. The first kappa shape index (κ1) is 16.4. The van der Waals surface area contributed by atoms with Crippen LogP contribution in [0, 0.1) is 5.92 Å². The van der Waals surface area contributed by atoms with E-state index in [2.05, 4.69) is 9.97 Å². The molecule has 1 aromatic carbocycles. The third-order valence-electron chi connectivity index (χ3n) is 4.79. The van der Waals surface area contributed by atoms with Crippen LogP contribution in [0.3, 0.4) is 0 Å². The molecule has 2 heterocycles. The number of amides is 2. The van der Waals surface area contributed by atoms with E-state index in [1.807, 2.05) is 6.92 Å². The van der Waals surface area contributed by atoms with E-state index in [0.717, 1.165) is 23.5 Å². The number of aryl methyl sites for hydroxylation is 2. The molecule has 2 aromatic rings. The Morgan fingerprint density at radius 1 is 1.23 bits per heavy atom. The van der Waals surface area contributed by atoms with E-state index >= 15 is 0 Å². The molecule has 0 saturated heterocycles. The average molecular weight is 351 g/mol. The second kappa shape index (κ2) is 6.33. The molecule has 1 aliphatic heterocycles. The number of hydrogen-bond acceptors (Lipinski definition) is 6. The second-order valence-electron chi connectivity index (χ2n) is 6.41. The predicted molar refractivity (Wildman–Crippen MR) is 90.0 cm³/mol. The molecule has 0 N–H and O–H groups in total. The zero-order valence-corrected chi connectivity index (χ0v) is 14.3. The minimum absolute atomic E-state index is 0.250. The Morgan fingerprint density at radius 3 is 2.58 bits per heavy atom. The summed E-state index contributed by atoms with van der Waals surface area (Å²) >= 11 is 0. The molecule has 0 spiro atoms. The normalized spacial score (nSPS) is 18.5. The van der Waals surface area contributed by atoms with Gasteiger partial charge in [-0.25, -0.2) is 14.8 Å². The molecule has 26 heavy (non-hydrogen) atoms. The molecule has 0 bridgehead atoms. The summed E-state index contributed by atoms with van der Waals surface area (Å²) in [5.74, 6) is -1.43. The highest BCUT2D eigenvalue weighted by atomic mass is 16.7. The van der Waals surface area contributed by atoms with Gasteiger partial charge in [0, 0.05) is 18.3 Å². The van der Waals surface area contributed by atoms with Gasteiger partial charge in [-0.1, -0.05) is 24.1 Å². The summed E-state index contributed by atoms with van der Waals surface area (Å²) in [5, 5.41) is 0.569. The third-order valence-corrected chi connectivity index (χ3v) is 4.79. The summed E-state index contributed by atoms with van der Waals surface area (Å²) in [6.07, 6.45) is 4.17. The van der Waals surface area contributed by atoms with Crippen LogP contribution in [-0.4, -0.2) is 32.8 Å². The Hall–Kier alpha value is -3.09. The van der Waals surface area contributed by atoms with Crippen molar-refractivity contribution in [2.75, 3.05) is 0 Å². The van der Waals surface area contributed by atoms with E-state index in [9.17, 15) is 14.4 Å². The Bertz CT molecular complexity index is 890. The largest absolute Gasteiger partial charge is 0.336 e. The maximum atomic E-state index is 12.5. The van der Waals surface area contributed by atoms with E-state index in [1.165, 1.54) is 0 Å². The van der Waals surface area contributed by atoms with Crippen LogP contribution in [-0.2, 0) is 28.9 Å². The highest BCUT2D eigenvalue weighted by Gasteiger charge is 2.40. The van der Waals surface area contributed by atoms with Crippen molar-refractivity contribution in [1.82, 2.24) is 15.0 Å². The van der Waals surface area contributed by atoms with Gasteiger partial charge in [0.05, 0.1) is 17.0 Å². The van der Waals surface area contributed by atoms with Crippen LogP contribution < -0.4 is 0 Å². The number of hydrogen-bond donors (Lipinski definition) is 0. The van der Waals surface area contributed by atoms with Crippen molar-refractivity contribution in [2.45, 2.75) is 32.6 Å². The van der Waals surface area contributed by atoms with Crippen LogP contribution in [0.15, 0.2) is 30.5 Å². The average Bonchev–Trinajstić information content (AvgIpc) is 2.92. The Morgan fingerprint density at radius 2 is 1.92 bits per heavy atom. The van der Waals surface area contributed by atoms with Crippen LogP contribution in [0.4, 0.5) is 0 Å². The molecule has 2 amide bonds. The fraction of sp³-hybridized carbons (Fsp3) is 0.316. The molecule has 0 fully saturated rings. The lowest BCUT2D eigenvalue weighted by atomic mass is 9.87. The Labute approximate surface area is 150 Å². The number of rotatable bonds is 3. The van der Waals surface area contributed by atoms with Crippen LogP contribution >= 0.6 is 0 Å². The van der Waals surface area contributed by atoms with Gasteiger partial charge in [-0.2, -0.15) is 0 Å². The van der Waals surface area contributed by atoms with Crippen molar-refractivity contribution in [1.29, 1.82) is 0 Å². The first-order chi connectivity index (χ1) is 12.6. The number of benzene rings is 1. The molecule has 1 aromatic heterocycles. The van der Waals surface area contributed by atoms with Crippen molar-refractivity contribution in [2.24, 2.45) is 5.92 Å². The van der Waals surface area contributed by atoms with E-state index in [4.69, 9.17) is 4.84 Å². The van der Waals surface area contributed by atoms with E-state index in [0.29, 0.717) is 24.3 Å². The van der Waals surface area contributed by atoms with Gasteiger partial charge in [-0.3, -0.25) is 9.59 Å². The zero-order chi connectivity index (χ0) is 18.3. The van der Waals surface area contributed by atoms with Crippen LogP contribution in [0.1, 0.15) is 51.1 Å². The number of carbonyl (C=O) groups is 3. The smallest absolute Gasteiger partial charge is 0.329 e. The fourth-order valence-electron chi connectivity index (χ4n) is 3.33. The number of hydroxylamine groups is 2. The molecule has 4 rings (SSSR count). The summed E-state index contributed by atoms with van der Waals surface area (Å²) in [5.41, 5.74) is 2.37. The van der Waals surface area contributed by atoms with Crippen molar-refractivity contribution in [3.8, 4) is 0 Å². The number of aromatic nitrogens is 2. The van der Waals surface area contributed by atoms with E-state index in [1.54, 1.807) is 30.5 Å². The quantitative estimate of drug-likeness (QED) is 0.785. The summed E-state index contributed by atoms with van der Waals surface area (Å²) in [4.78, 5) is 51.1. The van der Waals surface area contributed by atoms with E-state index < -0.39 is 23.7 Å². The molecular weight excluding hydrogens is 334 g/mol. The topological polar surface area (TPSA) is 89.5 Å². The Kier molecular flexibility index (Phi) is 3.99. The standard InChI is InChI=1S/C19H17N3O4/c1-2-16-20-10-12-9-11(7-8-15(12)21-16)19(25)26-22-17(23)13-5-3-4-6-14(13)18(22)24/h3-6,10-11H,2,7-9H2,1H3. The molecule has 132 valence electrons. The van der Waals surface area contributed by atoms with Crippen LogP contribution in [0.5, 0.6) is 0 Å². The molecular formula is C19H17N3O4. The second-order valence-corrected chi connectivity index (χ2v) is 6.41. The molecule has 1 aliphatic carbocycles. The molecule has 7 nitrogen and oxygen atoms in total. The number of nitrogens with zero attached hydrogens (tertiary/aromatic N) is 3. The van der Waals surface area contributed by atoms with Gasteiger partial charge in [0.25, 0.3) is 11.8 Å². The minimum atomic E-state index is -0.605. The van der Waals surface area contributed by atoms with Crippen molar-refractivity contribution < 1.29 is 19.2 Å². The summed E-state index contributed by atoms with van der Waals surface area (Å²) in [6.45, 7) is 1.99. The summed E-state index contributed by atoms with van der Waals surface area (Å²) in [7, 11) is 0. The Balaban J connectivity index is 1.48. The molecule has 7 heteroatoms. The summed E-state index contributed by atoms with van der Waals surface area (Å²) < 4.78 is 0. The summed E-state index contributed by atoms with van der Waals surface area (Å²) in [6, 6.07) is 6.42. The fourth-order valence-corrected chi connectivity index (χ4v) is 3.33. The van der Waals surface area contributed by atoms with Crippen molar-refractivity contribution in [3.63, 3.8) is 0 Å². The molecule has 0 radical (unpaired) electrons. The molecule has 0 saturated carbocycles. The SMILES string of the molecule is CCc1ncc2c(n1)CCC(C(=O)ON1C(=O)c3ccccc3C1=O)C2. The van der Waals surface area contributed by atoms with Gasteiger partial charge in [0.2, 0.25) is 0 Å². The number of imide groups is 1. The van der Waals surface area contributed by atoms with Gasteiger partial charge in [0.1, 0.15) is 5.82 Å². The maximum absolute atomic E-state index is 12.5. The van der Waals surface area contributed by atoms with Gasteiger partial charge in [-0.15, -0.1) is 0 Å². The van der Waals surface area contributed by atoms with Gasteiger partial charge < -0.3 is 4.84 Å². The first-order valence-corrected chi connectivity index (χ1v) is 8.61. The minimum Gasteiger partial charge on any atom is -0.329 e. The van der Waals surface area contributed by atoms with E-state index in [-0.39, 0.29) is 11.1 Å². The lowest BCUT2D eigenvalue weighted by molar-refractivity contribution is -0.174. The lowest BCUT2D eigenvalue weighted by Gasteiger charge is -2.23. The zero-order valence-electron chi connectivity index (χ0n) is 14.3. The third kappa shape index (κ3) is 2.65. The highest BCUT2D eigenvalue weighted by molar-refractivity contribution is 6.20. The van der Waals surface area contributed by atoms with Gasteiger partial charge >= 0.3 is 5.97 Å². The number of carbonyl (C=O) groups excluding carboxylic acids is 3. The predicted octanol–water partition coefficient (Wildman–Crippen LogP) is 1.90. The van der Waals surface area contributed by atoms with Crippen molar-refractivity contribution >= 4 is 17.8 Å². The molecule has 1 unspecified atom stereocenters. The monoisotopic (exact) mass is 351 g/mol.